The number of ether oxygens (including phenoxy) is 2. The van der Waals surface area contributed by atoms with Crippen LogP contribution in [0, 0.1) is 6.92 Å². The van der Waals surface area contributed by atoms with Gasteiger partial charge in [0.15, 0.2) is 0 Å². The van der Waals surface area contributed by atoms with Crippen molar-refractivity contribution in [3.63, 3.8) is 0 Å². The van der Waals surface area contributed by atoms with Gasteiger partial charge in [0, 0.05) is 17.3 Å². The number of hydrogen-bond acceptors (Lipinski definition) is 3. The third kappa shape index (κ3) is 3.41. The molecule has 0 saturated heterocycles. The van der Waals surface area contributed by atoms with Crippen molar-refractivity contribution >= 4 is 21.6 Å². The van der Waals surface area contributed by atoms with E-state index in [0.29, 0.717) is 12.3 Å². The van der Waals surface area contributed by atoms with Gasteiger partial charge >= 0.3 is 0 Å². The number of aryl methyl sites for hydroxylation is 1. The highest BCUT2D eigenvalue weighted by Crippen LogP contribution is 2.28. The summed E-state index contributed by atoms with van der Waals surface area (Å²) >= 11 is 3.49. The number of halogens is 1. The summed E-state index contributed by atoms with van der Waals surface area (Å²) in [6.07, 6.45) is 0. The Labute approximate surface area is 121 Å². The zero-order chi connectivity index (χ0) is 13.8. The highest BCUT2D eigenvalue weighted by atomic mass is 79.9. The van der Waals surface area contributed by atoms with Crippen LogP contribution in [0.4, 0.5) is 5.69 Å². The molecule has 3 nitrogen and oxygen atoms in total. The van der Waals surface area contributed by atoms with Crippen LogP contribution in [-0.2, 0) is 6.61 Å². The van der Waals surface area contributed by atoms with E-state index >= 15 is 0 Å². The second-order valence-electron chi connectivity index (χ2n) is 4.29. The van der Waals surface area contributed by atoms with E-state index < -0.39 is 0 Å². The summed E-state index contributed by atoms with van der Waals surface area (Å²) < 4.78 is 12.0. The summed E-state index contributed by atoms with van der Waals surface area (Å²) in [4.78, 5) is 0. The molecule has 0 saturated carbocycles. The Balaban J connectivity index is 2.14. The molecule has 0 aromatic heterocycles. The van der Waals surface area contributed by atoms with Gasteiger partial charge in [0.1, 0.15) is 18.1 Å². The second kappa shape index (κ2) is 5.97. The Morgan fingerprint density at radius 3 is 2.58 bits per heavy atom. The summed E-state index contributed by atoms with van der Waals surface area (Å²) in [5, 5.41) is 0. The van der Waals surface area contributed by atoms with Gasteiger partial charge in [-0.2, -0.15) is 0 Å². The first-order chi connectivity index (χ1) is 9.10. The smallest absolute Gasteiger partial charge is 0.134 e. The Kier molecular flexibility index (Phi) is 4.32. The fourth-order valence-corrected chi connectivity index (χ4v) is 2.37. The number of nitrogens with two attached hydrogens (primary N) is 1. The maximum Gasteiger partial charge on any atom is 0.134 e. The van der Waals surface area contributed by atoms with Crippen LogP contribution in [0.2, 0.25) is 0 Å². The van der Waals surface area contributed by atoms with Crippen LogP contribution in [0.25, 0.3) is 0 Å². The SMILES string of the molecule is COc1cc(N)ccc1COc1ccc(C)cc1Br. The average Bonchev–Trinajstić information content (AvgIpc) is 2.39. The second-order valence-corrected chi connectivity index (χ2v) is 5.15. The molecule has 0 fully saturated rings. The van der Waals surface area contributed by atoms with Crippen LogP contribution < -0.4 is 15.2 Å². The molecule has 2 rings (SSSR count). The number of rotatable bonds is 4. The van der Waals surface area contributed by atoms with Gasteiger partial charge in [-0.25, -0.2) is 0 Å². The predicted molar refractivity (Wildman–Crippen MR) is 80.6 cm³/mol. The lowest BCUT2D eigenvalue weighted by atomic mass is 10.2. The van der Waals surface area contributed by atoms with E-state index in [1.165, 1.54) is 5.56 Å². The summed E-state index contributed by atoms with van der Waals surface area (Å²) in [6.45, 7) is 2.47. The van der Waals surface area contributed by atoms with Crippen LogP contribution in [0.1, 0.15) is 11.1 Å². The van der Waals surface area contributed by atoms with Gasteiger partial charge in [-0.05, 0) is 52.7 Å². The summed E-state index contributed by atoms with van der Waals surface area (Å²) in [6, 6.07) is 11.5. The Hall–Kier alpha value is -1.68. The van der Waals surface area contributed by atoms with E-state index in [-0.39, 0.29) is 0 Å². The Bertz CT molecular complexity index is 584. The molecule has 4 heteroatoms. The standard InChI is InChI=1S/C15H16BrNO2/c1-10-3-6-14(13(16)7-10)19-9-11-4-5-12(17)8-15(11)18-2/h3-8H,9,17H2,1-2H3. The molecule has 0 aliphatic rings. The molecule has 2 N–H and O–H groups in total. The van der Waals surface area contributed by atoms with Crippen molar-refractivity contribution in [3.8, 4) is 11.5 Å². The quantitative estimate of drug-likeness (QED) is 0.868. The molecule has 100 valence electrons. The minimum atomic E-state index is 0.436. The van der Waals surface area contributed by atoms with Crippen LogP contribution >= 0.6 is 15.9 Å². The zero-order valence-electron chi connectivity index (χ0n) is 10.9. The van der Waals surface area contributed by atoms with Crippen molar-refractivity contribution in [2.75, 3.05) is 12.8 Å². The number of methoxy groups -OCH3 is 1. The molecule has 0 aliphatic carbocycles. The van der Waals surface area contributed by atoms with Gasteiger partial charge in [-0.3, -0.25) is 0 Å². The number of nitrogen functional groups attached to an aromatic ring is 1. The van der Waals surface area contributed by atoms with Crippen molar-refractivity contribution in [1.82, 2.24) is 0 Å². The van der Waals surface area contributed by atoms with Crippen molar-refractivity contribution in [3.05, 3.63) is 52.0 Å². The van der Waals surface area contributed by atoms with E-state index in [4.69, 9.17) is 15.2 Å². The van der Waals surface area contributed by atoms with Crippen molar-refractivity contribution < 1.29 is 9.47 Å². The molecule has 2 aromatic rings. The third-order valence-corrected chi connectivity index (χ3v) is 3.40. The van der Waals surface area contributed by atoms with Crippen LogP contribution in [0.5, 0.6) is 11.5 Å². The number of hydrogen-bond donors (Lipinski definition) is 1. The summed E-state index contributed by atoms with van der Waals surface area (Å²) in [5.74, 6) is 1.55. The van der Waals surface area contributed by atoms with Crippen LogP contribution in [0.15, 0.2) is 40.9 Å². The minimum Gasteiger partial charge on any atom is -0.496 e. The predicted octanol–water partition coefficient (Wildman–Crippen LogP) is 3.93. The number of anilines is 1. The highest BCUT2D eigenvalue weighted by Gasteiger charge is 2.06. The topological polar surface area (TPSA) is 44.5 Å². The fraction of sp³-hybridized carbons (Fsp3) is 0.200. The third-order valence-electron chi connectivity index (χ3n) is 2.78. The van der Waals surface area contributed by atoms with Gasteiger partial charge in [0.2, 0.25) is 0 Å². The van der Waals surface area contributed by atoms with Crippen molar-refractivity contribution in [1.29, 1.82) is 0 Å². The van der Waals surface area contributed by atoms with E-state index in [1.54, 1.807) is 13.2 Å². The largest absolute Gasteiger partial charge is 0.496 e. The van der Waals surface area contributed by atoms with Crippen molar-refractivity contribution in [2.24, 2.45) is 0 Å². The molecule has 0 radical (unpaired) electrons. The Morgan fingerprint density at radius 2 is 1.89 bits per heavy atom. The lowest BCUT2D eigenvalue weighted by Crippen LogP contribution is -2.00. The molecule has 0 bridgehead atoms. The van der Waals surface area contributed by atoms with Gasteiger partial charge in [0.05, 0.1) is 11.6 Å². The molecule has 2 aromatic carbocycles. The normalized spacial score (nSPS) is 10.3. The lowest BCUT2D eigenvalue weighted by Gasteiger charge is -2.12. The average molecular weight is 322 g/mol. The maximum atomic E-state index is 5.79. The minimum absolute atomic E-state index is 0.436. The maximum absolute atomic E-state index is 5.79. The summed E-state index contributed by atoms with van der Waals surface area (Å²) in [7, 11) is 1.63. The zero-order valence-corrected chi connectivity index (χ0v) is 12.5. The molecule has 0 heterocycles. The van der Waals surface area contributed by atoms with Gasteiger partial charge in [-0.15, -0.1) is 0 Å². The van der Waals surface area contributed by atoms with Crippen molar-refractivity contribution in [2.45, 2.75) is 13.5 Å². The first-order valence-corrected chi connectivity index (χ1v) is 6.71. The van der Waals surface area contributed by atoms with E-state index in [0.717, 1.165) is 21.5 Å². The first kappa shape index (κ1) is 13.7. The molecule has 0 atom stereocenters. The highest BCUT2D eigenvalue weighted by molar-refractivity contribution is 9.10. The van der Waals surface area contributed by atoms with E-state index in [2.05, 4.69) is 15.9 Å². The molecular formula is C15H16BrNO2. The van der Waals surface area contributed by atoms with Gasteiger partial charge in [-0.1, -0.05) is 6.07 Å². The molecule has 0 spiro atoms. The van der Waals surface area contributed by atoms with Crippen LogP contribution in [0.3, 0.4) is 0 Å². The molecule has 0 amide bonds. The van der Waals surface area contributed by atoms with Gasteiger partial charge < -0.3 is 15.2 Å². The fourth-order valence-electron chi connectivity index (χ4n) is 1.76. The molecule has 0 unspecified atom stereocenters. The lowest BCUT2D eigenvalue weighted by molar-refractivity contribution is 0.295. The first-order valence-electron chi connectivity index (χ1n) is 5.91. The van der Waals surface area contributed by atoms with E-state index in [1.807, 2.05) is 37.3 Å². The molecular weight excluding hydrogens is 306 g/mol. The molecule has 19 heavy (non-hydrogen) atoms. The molecule has 0 aliphatic heterocycles. The van der Waals surface area contributed by atoms with Crippen LogP contribution in [-0.4, -0.2) is 7.11 Å². The summed E-state index contributed by atoms with van der Waals surface area (Å²) in [5.41, 5.74) is 8.55. The Morgan fingerprint density at radius 1 is 1.11 bits per heavy atom. The van der Waals surface area contributed by atoms with Gasteiger partial charge in [0.25, 0.3) is 0 Å². The van der Waals surface area contributed by atoms with E-state index in [9.17, 15) is 0 Å². The number of benzene rings is 2. The monoisotopic (exact) mass is 321 g/mol.